The zero-order chi connectivity index (χ0) is 16.1. The summed E-state index contributed by atoms with van der Waals surface area (Å²) < 4.78 is 0. The second-order valence-electron chi connectivity index (χ2n) is 5.14. The number of carboxylic acids is 1. The van der Waals surface area contributed by atoms with E-state index in [2.05, 4.69) is 15.5 Å². The average Bonchev–Trinajstić information content (AvgIpc) is 2.95. The van der Waals surface area contributed by atoms with Gasteiger partial charge in [0.25, 0.3) is 0 Å². The Bertz CT molecular complexity index is 665. The molecule has 1 aromatic carbocycles. The predicted octanol–water partition coefficient (Wildman–Crippen LogP) is 2.22. The minimum Gasteiger partial charge on any atom is -0.478 e. The molecule has 2 N–H and O–H groups in total. The number of amides is 1. The topological polar surface area (TPSA) is 92.2 Å². The van der Waals surface area contributed by atoms with Gasteiger partial charge in [0.05, 0.1) is 18.5 Å². The number of rotatable bonds is 6. The van der Waals surface area contributed by atoms with E-state index in [1.54, 1.807) is 12.1 Å². The average molecular weight is 319 g/mol. The summed E-state index contributed by atoms with van der Waals surface area (Å²) in [4.78, 5) is 22.6. The molecule has 0 aliphatic carbocycles. The number of aromatic carboxylic acids is 1. The number of nitrogens with zero attached hydrogens (tertiary/aromatic N) is 2. The van der Waals surface area contributed by atoms with Gasteiger partial charge in [-0.15, -0.1) is 10.2 Å². The molecule has 0 radical (unpaired) electrons. The number of carbonyl (C=O) groups excluding carboxylic acids is 1. The molecule has 0 aliphatic rings. The third-order valence-electron chi connectivity index (χ3n) is 2.98. The molecule has 0 unspecified atom stereocenters. The predicted molar refractivity (Wildman–Crippen MR) is 83.0 cm³/mol. The molecule has 7 heteroatoms. The Hall–Kier alpha value is -2.28. The number of carbonyl (C=O) groups is 2. The van der Waals surface area contributed by atoms with E-state index >= 15 is 0 Å². The summed E-state index contributed by atoms with van der Waals surface area (Å²) in [6.45, 7) is 4.45. The molecular formula is C15H17N3O3S. The molecular weight excluding hydrogens is 302 g/mol. The quantitative estimate of drug-likeness (QED) is 0.851. The van der Waals surface area contributed by atoms with Crippen molar-refractivity contribution in [1.29, 1.82) is 0 Å². The molecule has 22 heavy (non-hydrogen) atoms. The van der Waals surface area contributed by atoms with Crippen LogP contribution in [0, 0.1) is 0 Å². The molecule has 1 aromatic heterocycles. The molecule has 0 saturated carbocycles. The van der Waals surface area contributed by atoms with Crippen LogP contribution in [0.1, 0.15) is 45.7 Å². The maximum Gasteiger partial charge on any atom is 0.335 e. The normalized spacial score (nSPS) is 10.7. The number of benzene rings is 1. The fourth-order valence-electron chi connectivity index (χ4n) is 1.76. The van der Waals surface area contributed by atoms with Crippen LogP contribution < -0.4 is 5.32 Å². The van der Waals surface area contributed by atoms with Gasteiger partial charge in [-0.3, -0.25) is 4.79 Å². The summed E-state index contributed by atoms with van der Waals surface area (Å²) in [5, 5.41) is 21.4. The van der Waals surface area contributed by atoms with Gasteiger partial charge in [0.15, 0.2) is 0 Å². The van der Waals surface area contributed by atoms with Crippen LogP contribution in [0.5, 0.6) is 0 Å². The molecule has 0 bridgehead atoms. The second-order valence-corrected chi connectivity index (χ2v) is 6.24. The number of carboxylic acid groups (broad SMARTS) is 1. The zero-order valence-corrected chi connectivity index (χ0v) is 13.2. The highest BCUT2D eigenvalue weighted by atomic mass is 32.1. The van der Waals surface area contributed by atoms with Crippen molar-refractivity contribution in [2.75, 3.05) is 0 Å². The van der Waals surface area contributed by atoms with Gasteiger partial charge < -0.3 is 10.4 Å². The van der Waals surface area contributed by atoms with Crippen LogP contribution in [0.3, 0.4) is 0 Å². The SMILES string of the molecule is CC(C)c1nnc(CNC(=O)Cc2ccc(C(=O)O)cc2)s1. The molecule has 0 aliphatic heterocycles. The van der Waals surface area contributed by atoms with Crippen molar-refractivity contribution in [3.05, 3.63) is 45.4 Å². The van der Waals surface area contributed by atoms with Crippen LogP contribution in [0.25, 0.3) is 0 Å². The molecule has 2 rings (SSSR count). The van der Waals surface area contributed by atoms with Gasteiger partial charge in [-0.2, -0.15) is 0 Å². The highest BCUT2D eigenvalue weighted by Gasteiger charge is 2.10. The second kappa shape index (κ2) is 7.13. The van der Waals surface area contributed by atoms with E-state index in [0.29, 0.717) is 12.5 Å². The Labute approximate surface area is 132 Å². The van der Waals surface area contributed by atoms with Crippen molar-refractivity contribution in [2.24, 2.45) is 0 Å². The number of nitrogens with one attached hydrogen (secondary N) is 1. The molecule has 1 amide bonds. The molecule has 0 atom stereocenters. The van der Waals surface area contributed by atoms with Crippen LogP contribution >= 0.6 is 11.3 Å². The van der Waals surface area contributed by atoms with E-state index in [1.165, 1.54) is 23.5 Å². The van der Waals surface area contributed by atoms with Gasteiger partial charge in [0.1, 0.15) is 10.0 Å². The molecule has 0 spiro atoms. The number of hydrogen-bond acceptors (Lipinski definition) is 5. The highest BCUT2D eigenvalue weighted by Crippen LogP contribution is 2.18. The summed E-state index contributed by atoms with van der Waals surface area (Å²) in [5.74, 6) is -0.785. The van der Waals surface area contributed by atoms with Crippen LogP contribution in [0.4, 0.5) is 0 Å². The highest BCUT2D eigenvalue weighted by molar-refractivity contribution is 7.11. The monoisotopic (exact) mass is 319 g/mol. The Morgan fingerprint density at radius 3 is 2.45 bits per heavy atom. The van der Waals surface area contributed by atoms with Gasteiger partial charge in [0.2, 0.25) is 5.91 Å². The lowest BCUT2D eigenvalue weighted by Gasteiger charge is -2.03. The Balaban J connectivity index is 1.85. The minimum absolute atomic E-state index is 0.135. The van der Waals surface area contributed by atoms with E-state index in [0.717, 1.165) is 15.6 Å². The summed E-state index contributed by atoms with van der Waals surface area (Å²) in [6.07, 6.45) is 0.204. The zero-order valence-electron chi connectivity index (χ0n) is 12.4. The van der Waals surface area contributed by atoms with E-state index in [9.17, 15) is 9.59 Å². The summed E-state index contributed by atoms with van der Waals surface area (Å²) in [6, 6.07) is 6.27. The number of aromatic nitrogens is 2. The molecule has 0 fully saturated rings. The summed E-state index contributed by atoms with van der Waals surface area (Å²) in [5.41, 5.74) is 0.974. The van der Waals surface area contributed by atoms with Crippen molar-refractivity contribution in [1.82, 2.24) is 15.5 Å². The van der Waals surface area contributed by atoms with E-state index in [4.69, 9.17) is 5.11 Å². The first kappa shape index (κ1) is 16.1. The van der Waals surface area contributed by atoms with Crippen molar-refractivity contribution in [3.8, 4) is 0 Å². The molecule has 2 aromatic rings. The lowest BCUT2D eigenvalue weighted by molar-refractivity contribution is -0.120. The first-order chi connectivity index (χ1) is 10.5. The van der Waals surface area contributed by atoms with E-state index in [-0.39, 0.29) is 17.9 Å². The molecule has 116 valence electrons. The molecule has 0 saturated heterocycles. The molecule has 1 heterocycles. The fourth-order valence-corrected chi connectivity index (χ4v) is 2.54. The number of hydrogen-bond donors (Lipinski definition) is 2. The van der Waals surface area contributed by atoms with Crippen molar-refractivity contribution < 1.29 is 14.7 Å². The third-order valence-corrected chi connectivity index (χ3v) is 4.20. The lowest BCUT2D eigenvalue weighted by Crippen LogP contribution is -2.24. The lowest BCUT2D eigenvalue weighted by atomic mass is 10.1. The Morgan fingerprint density at radius 2 is 1.91 bits per heavy atom. The molecule has 6 nitrogen and oxygen atoms in total. The maximum atomic E-state index is 11.9. The fraction of sp³-hybridized carbons (Fsp3) is 0.333. The summed E-state index contributed by atoms with van der Waals surface area (Å²) in [7, 11) is 0. The van der Waals surface area contributed by atoms with Gasteiger partial charge in [-0.1, -0.05) is 37.3 Å². The third kappa shape index (κ3) is 4.36. The first-order valence-corrected chi connectivity index (χ1v) is 7.68. The smallest absolute Gasteiger partial charge is 0.335 e. The van der Waals surface area contributed by atoms with Gasteiger partial charge in [0, 0.05) is 5.92 Å². The minimum atomic E-state index is -0.978. The van der Waals surface area contributed by atoms with Crippen LogP contribution in [-0.4, -0.2) is 27.2 Å². The summed E-state index contributed by atoms with van der Waals surface area (Å²) >= 11 is 1.49. The van der Waals surface area contributed by atoms with Crippen LogP contribution in [0.2, 0.25) is 0 Å². The van der Waals surface area contributed by atoms with Gasteiger partial charge >= 0.3 is 5.97 Å². The maximum absolute atomic E-state index is 11.9. The van der Waals surface area contributed by atoms with Crippen LogP contribution in [-0.2, 0) is 17.8 Å². The van der Waals surface area contributed by atoms with Gasteiger partial charge in [-0.25, -0.2) is 4.79 Å². The standard InChI is InChI=1S/C15H17N3O3S/c1-9(2)14-18-17-13(22-14)8-16-12(19)7-10-3-5-11(6-4-10)15(20)21/h3-6,9H,7-8H2,1-2H3,(H,16,19)(H,20,21). The van der Waals surface area contributed by atoms with E-state index in [1.807, 2.05) is 13.8 Å². The Kier molecular flexibility index (Phi) is 5.21. The largest absolute Gasteiger partial charge is 0.478 e. The van der Waals surface area contributed by atoms with Crippen molar-refractivity contribution >= 4 is 23.2 Å². The van der Waals surface area contributed by atoms with Gasteiger partial charge in [-0.05, 0) is 17.7 Å². The van der Waals surface area contributed by atoms with Crippen molar-refractivity contribution in [3.63, 3.8) is 0 Å². The first-order valence-electron chi connectivity index (χ1n) is 6.87. The van der Waals surface area contributed by atoms with Crippen molar-refractivity contribution in [2.45, 2.75) is 32.7 Å². The Morgan fingerprint density at radius 1 is 1.23 bits per heavy atom. The van der Waals surface area contributed by atoms with Crippen LogP contribution in [0.15, 0.2) is 24.3 Å². The van der Waals surface area contributed by atoms with E-state index < -0.39 is 5.97 Å².